The minimum Gasteiger partial charge on any atom is -0.508 e. The topological polar surface area (TPSA) is 35.5 Å². The van der Waals surface area contributed by atoms with Crippen LogP contribution in [0.3, 0.4) is 0 Å². The highest BCUT2D eigenvalue weighted by molar-refractivity contribution is 5.45. The first-order valence-electron chi connectivity index (χ1n) is 9.11. The van der Waals surface area contributed by atoms with Gasteiger partial charge in [-0.3, -0.25) is 4.90 Å². The van der Waals surface area contributed by atoms with E-state index in [0.717, 1.165) is 44.7 Å². The van der Waals surface area contributed by atoms with Gasteiger partial charge in [0, 0.05) is 26.2 Å². The predicted octanol–water partition coefficient (Wildman–Crippen LogP) is 3.42. The lowest BCUT2D eigenvalue weighted by atomic mass is 9.87. The standard InChI is InChI=1S/C21H26N2O/c24-21-12-18(17-7-4-9-22-13-17)11-19-15-23(10-8-20(19)21)14-16-5-2-1-3-6-16/h1-3,5-6,11-12,17,22,24H,4,7-10,13-15H2. The molecular weight excluding hydrogens is 296 g/mol. The Kier molecular flexibility index (Phi) is 4.54. The van der Waals surface area contributed by atoms with Crippen molar-refractivity contribution in [2.75, 3.05) is 19.6 Å². The van der Waals surface area contributed by atoms with Gasteiger partial charge in [0.15, 0.2) is 0 Å². The van der Waals surface area contributed by atoms with Crippen LogP contribution in [0.4, 0.5) is 0 Å². The van der Waals surface area contributed by atoms with E-state index in [1.54, 1.807) is 0 Å². The summed E-state index contributed by atoms with van der Waals surface area (Å²) in [5.74, 6) is 1.05. The molecule has 2 heterocycles. The Labute approximate surface area is 144 Å². The summed E-state index contributed by atoms with van der Waals surface area (Å²) in [6.45, 7) is 5.09. The Balaban J connectivity index is 1.54. The van der Waals surface area contributed by atoms with Crippen LogP contribution in [0, 0.1) is 0 Å². The van der Waals surface area contributed by atoms with Crippen LogP contribution < -0.4 is 5.32 Å². The van der Waals surface area contributed by atoms with Crippen LogP contribution in [-0.2, 0) is 19.5 Å². The van der Waals surface area contributed by atoms with Crippen molar-refractivity contribution in [2.24, 2.45) is 0 Å². The van der Waals surface area contributed by atoms with E-state index >= 15 is 0 Å². The summed E-state index contributed by atoms with van der Waals surface area (Å²) in [5, 5.41) is 14.0. The number of nitrogens with zero attached hydrogens (tertiary/aromatic N) is 1. The third-order valence-electron chi connectivity index (χ3n) is 5.43. The molecule has 1 unspecified atom stereocenters. The number of phenolic OH excluding ortho intramolecular Hbond substituents is 1. The summed E-state index contributed by atoms with van der Waals surface area (Å²) in [6, 6.07) is 15.0. The summed E-state index contributed by atoms with van der Waals surface area (Å²) in [7, 11) is 0. The molecule has 3 heteroatoms. The van der Waals surface area contributed by atoms with Gasteiger partial charge in [0.1, 0.15) is 5.75 Å². The van der Waals surface area contributed by atoms with Crippen molar-refractivity contribution < 1.29 is 5.11 Å². The van der Waals surface area contributed by atoms with Crippen LogP contribution in [0.2, 0.25) is 0 Å². The Morgan fingerprint density at radius 3 is 2.83 bits per heavy atom. The highest BCUT2D eigenvalue weighted by Crippen LogP contribution is 2.34. The SMILES string of the molecule is Oc1cc(C2CCCNC2)cc2c1CCN(Cc1ccccc1)C2. The fourth-order valence-electron chi connectivity index (χ4n) is 4.11. The van der Waals surface area contributed by atoms with Crippen LogP contribution in [0.1, 0.15) is 41.0 Å². The Hall–Kier alpha value is -1.84. The molecule has 3 nitrogen and oxygen atoms in total. The number of fused-ring (bicyclic) bond motifs is 1. The van der Waals surface area contributed by atoms with Crippen LogP contribution in [-0.4, -0.2) is 29.6 Å². The molecule has 1 saturated heterocycles. The third-order valence-corrected chi connectivity index (χ3v) is 5.43. The second kappa shape index (κ2) is 6.96. The highest BCUT2D eigenvalue weighted by atomic mass is 16.3. The number of nitrogens with one attached hydrogen (secondary N) is 1. The molecule has 0 bridgehead atoms. The van der Waals surface area contributed by atoms with E-state index in [9.17, 15) is 5.11 Å². The molecule has 2 aliphatic heterocycles. The Morgan fingerprint density at radius 2 is 2.04 bits per heavy atom. The van der Waals surface area contributed by atoms with Crippen molar-refractivity contribution in [3.63, 3.8) is 0 Å². The monoisotopic (exact) mass is 322 g/mol. The van der Waals surface area contributed by atoms with Gasteiger partial charge in [0.2, 0.25) is 0 Å². The average molecular weight is 322 g/mol. The van der Waals surface area contributed by atoms with Crippen LogP contribution in [0.15, 0.2) is 42.5 Å². The van der Waals surface area contributed by atoms with Crippen LogP contribution >= 0.6 is 0 Å². The molecule has 0 aromatic heterocycles. The number of rotatable bonds is 3. The van der Waals surface area contributed by atoms with Crippen molar-refractivity contribution in [1.82, 2.24) is 10.2 Å². The zero-order chi connectivity index (χ0) is 16.4. The second-order valence-electron chi connectivity index (χ2n) is 7.17. The summed E-state index contributed by atoms with van der Waals surface area (Å²) in [4.78, 5) is 2.49. The van der Waals surface area contributed by atoms with Gasteiger partial charge in [-0.05, 0) is 60.0 Å². The van der Waals surface area contributed by atoms with Gasteiger partial charge in [-0.15, -0.1) is 0 Å². The third kappa shape index (κ3) is 3.33. The maximum Gasteiger partial charge on any atom is 0.119 e. The van der Waals surface area contributed by atoms with E-state index in [4.69, 9.17) is 0 Å². The molecule has 0 saturated carbocycles. The summed E-state index contributed by atoms with van der Waals surface area (Å²) < 4.78 is 0. The summed E-state index contributed by atoms with van der Waals surface area (Å²) in [6.07, 6.45) is 3.39. The number of hydrogen-bond donors (Lipinski definition) is 2. The Bertz CT molecular complexity index is 692. The van der Waals surface area contributed by atoms with Crippen LogP contribution in [0.5, 0.6) is 5.75 Å². The van der Waals surface area contributed by atoms with Gasteiger partial charge in [0.05, 0.1) is 0 Å². The first-order valence-corrected chi connectivity index (χ1v) is 9.11. The van der Waals surface area contributed by atoms with Gasteiger partial charge in [-0.2, -0.15) is 0 Å². The molecule has 126 valence electrons. The minimum atomic E-state index is 0.507. The van der Waals surface area contributed by atoms with Crippen molar-refractivity contribution >= 4 is 0 Å². The predicted molar refractivity (Wildman–Crippen MR) is 97.2 cm³/mol. The molecule has 0 spiro atoms. The van der Waals surface area contributed by atoms with E-state index in [0.29, 0.717) is 11.7 Å². The number of phenols is 1. The molecule has 2 aliphatic rings. The molecule has 0 amide bonds. The van der Waals surface area contributed by atoms with Crippen molar-refractivity contribution in [3.8, 4) is 5.75 Å². The van der Waals surface area contributed by atoms with Gasteiger partial charge in [-0.1, -0.05) is 36.4 Å². The van der Waals surface area contributed by atoms with Crippen molar-refractivity contribution in [3.05, 3.63) is 64.7 Å². The van der Waals surface area contributed by atoms with Crippen molar-refractivity contribution in [1.29, 1.82) is 0 Å². The zero-order valence-corrected chi connectivity index (χ0v) is 14.2. The van der Waals surface area contributed by atoms with Gasteiger partial charge >= 0.3 is 0 Å². The average Bonchev–Trinajstić information content (AvgIpc) is 2.63. The lowest BCUT2D eigenvalue weighted by molar-refractivity contribution is 0.243. The number of aromatic hydroxyl groups is 1. The zero-order valence-electron chi connectivity index (χ0n) is 14.2. The lowest BCUT2D eigenvalue weighted by Gasteiger charge is -2.31. The highest BCUT2D eigenvalue weighted by Gasteiger charge is 2.23. The molecule has 1 fully saturated rings. The lowest BCUT2D eigenvalue weighted by Crippen LogP contribution is -2.31. The maximum absolute atomic E-state index is 10.5. The molecule has 2 aromatic carbocycles. The largest absolute Gasteiger partial charge is 0.508 e. The quantitative estimate of drug-likeness (QED) is 0.909. The number of hydrogen-bond acceptors (Lipinski definition) is 3. The summed E-state index contributed by atoms with van der Waals surface area (Å²) in [5.41, 5.74) is 5.14. The van der Waals surface area contributed by atoms with E-state index in [2.05, 4.69) is 46.6 Å². The molecule has 1 atom stereocenters. The van der Waals surface area contributed by atoms with Crippen molar-refractivity contribution in [2.45, 2.75) is 38.3 Å². The number of piperidine rings is 1. The molecule has 2 aromatic rings. The fraction of sp³-hybridized carbons (Fsp3) is 0.429. The fourth-order valence-corrected chi connectivity index (χ4v) is 4.11. The molecular formula is C21H26N2O. The van der Waals surface area contributed by atoms with E-state index in [1.807, 2.05) is 6.07 Å². The molecule has 0 aliphatic carbocycles. The molecule has 2 N–H and O–H groups in total. The maximum atomic E-state index is 10.5. The van der Waals surface area contributed by atoms with Crippen LogP contribution in [0.25, 0.3) is 0 Å². The molecule has 0 radical (unpaired) electrons. The van der Waals surface area contributed by atoms with Gasteiger partial charge in [0.25, 0.3) is 0 Å². The normalized spacial score (nSPS) is 21.4. The first-order chi connectivity index (χ1) is 11.8. The van der Waals surface area contributed by atoms with E-state index in [1.165, 1.54) is 29.5 Å². The smallest absolute Gasteiger partial charge is 0.119 e. The van der Waals surface area contributed by atoms with E-state index < -0.39 is 0 Å². The second-order valence-corrected chi connectivity index (χ2v) is 7.17. The molecule has 4 rings (SSSR count). The van der Waals surface area contributed by atoms with Gasteiger partial charge < -0.3 is 10.4 Å². The van der Waals surface area contributed by atoms with E-state index in [-0.39, 0.29) is 0 Å². The Morgan fingerprint density at radius 1 is 1.17 bits per heavy atom. The molecule has 24 heavy (non-hydrogen) atoms. The number of benzene rings is 2. The minimum absolute atomic E-state index is 0.507. The summed E-state index contributed by atoms with van der Waals surface area (Å²) >= 11 is 0. The first kappa shape index (κ1) is 15.7. The van der Waals surface area contributed by atoms with Gasteiger partial charge in [-0.25, -0.2) is 0 Å².